The zero-order valence-corrected chi connectivity index (χ0v) is 17.6. The van der Waals surface area contributed by atoms with Crippen molar-refractivity contribution < 1.29 is 24.0 Å². The van der Waals surface area contributed by atoms with E-state index >= 15 is 0 Å². The zero-order chi connectivity index (χ0) is 22.0. The Morgan fingerprint density at radius 1 is 1.31 bits per heavy atom. The van der Waals surface area contributed by atoms with Crippen molar-refractivity contribution in [1.29, 1.82) is 0 Å². The summed E-state index contributed by atoms with van der Waals surface area (Å²) in [7, 11) is 0. The molecule has 0 spiro atoms. The van der Waals surface area contributed by atoms with E-state index in [0.717, 1.165) is 11.5 Å². The average Bonchev–Trinajstić information content (AvgIpc) is 3.02. The number of hydrogen-bond acceptors (Lipinski definition) is 11. The van der Waals surface area contributed by atoms with Crippen LogP contribution in [0.4, 0.5) is 5.13 Å². The minimum Gasteiger partial charge on any atom is -0.457 e. The van der Waals surface area contributed by atoms with Crippen molar-refractivity contribution in [2.75, 3.05) is 12.3 Å². The van der Waals surface area contributed by atoms with Crippen molar-refractivity contribution in [3.8, 4) is 0 Å². The number of hydrogen-bond donors (Lipinski definition) is 4. The third kappa shape index (κ3) is 5.60. The number of β-lactam (4-membered cyclic amide) rings is 1. The number of esters is 1. The van der Waals surface area contributed by atoms with E-state index in [2.05, 4.69) is 25.1 Å². The Balaban J connectivity index is 2.23. The van der Waals surface area contributed by atoms with Gasteiger partial charge in [-0.25, -0.2) is 4.79 Å². The fourth-order valence-electron chi connectivity index (χ4n) is 2.13. The highest BCUT2D eigenvalue weighted by molar-refractivity contribution is 7.09. The SMILES string of the molecule is CC(C)(C)OC(=O)C(C)(C)O/N=C(\C(=O)N[C@@H]1C(=O)N[C@@H]1CN)c1nsc(N)n1. The molecule has 1 aromatic rings. The molecule has 0 aromatic carbocycles. The molecule has 0 radical (unpaired) electrons. The smallest absolute Gasteiger partial charge is 0.353 e. The van der Waals surface area contributed by atoms with Gasteiger partial charge in [0.25, 0.3) is 5.91 Å². The Hall–Kier alpha value is -2.80. The van der Waals surface area contributed by atoms with E-state index in [9.17, 15) is 14.4 Å². The molecule has 2 atom stereocenters. The third-order valence-corrected chi connectivity index (χ3v) is 4.22. The molecule has 1 fully saturated rings. The topological polar surface area (TPSA) is 184 Å². The predicted octanol–water partition coefficient (Wildman–Crippen LogP) is -1.10. The molecule has 1 aliphatic rings. The van der Waals surface area contributed by atoms with Gasteiger partial charge in [0.05, 0.1) is 6.04 Å². The molecule has 0 aliphatic carbocycles. The van der Waals surface area contributed by atoms with Crippen molar-refractivity contribution in [2.45, 2.75) is 57.9 Å². The summed E-state index contributed by atoms with van der Waals surface area (Å²) < 4.78 is 9.23. The lowest BCUT2D eigenvalue weighted by atomic mass is 9.99. The molecule has 29 heavy (non-hydrogen) atoms. The summed E-state index contributed by atoms with van der Waals surface area (Å²) in [4.78, 5) is 45.9. The molecule has 2 rings (SSSR count). The summed E-state index contributed by atoms with van der Waals surface area (Å²) in [6.07, 6.45) is 0. The molecule has 13 heteroatoms. The lowest BCUT2D eigenvalue weighted by Gasteiger charge is -2.36. The fraction of sp³-hybridized carbons (Fsp3) is 0.625. The van der Waals surface area contributed by atoms with Gasteiger partial charge in [-0.3, -0.25) is 9.59 Å². The molecule has 1 saturated heterocycles. The third-order valence-electron chi connectivity index (χ3n) is 3.68. The van der Waals surface area contributed by atoms with E-state index in [4.69, 9.17) is 21.0 Å². The molecule has 1 aliphatic heterocycles. The Kier molecular flexibility index (Phi) is 6.43. The molecule has 1 aromatic heterocycles. The van der Waals surface area contributed by atoms with Gasteiger partial charge in [0.2, 0.25) is 23.0 Å². The Morgan fingerprint density at radius 3 is 2.45 bits per heavy atom. The van der Waals surface area contributed by atoms with Gasteiger partial charge in [-0.15, -0.1) is 0 Å². The van der Waals surface area contributed by atoms with Gasteiger partial charge >= 0.3 is 5.97 Å². The number of anilines is 1. The summed E-state index contributed by atoms with van der Waals surface area (Å²) in [5, 5.41) is 8.96. The van der Waals surface area contributed by atoms with Gasteiger partial charge in [-0.2, -0.15) is 9.36 Å². The van der Waals surface area contributed by atoms with E-state index in [1.54, 1.807) is 20.8 Å². The van der Waals surface area contributed by atoms with Gasteiger partial charge in [-0.05, 0) is 34.6 Å². The van der Waals surface area contributed by atoms with E-state index in [1.165, 1.54) is 13.8 Å². The van der Waals surface area contributed by atoms with Crippen LogP contribution in [0.3, 0.4) is 0 Å². The number of amides is 2. The van der Waals surface area contributed by atoms with Crippen LogP contribution in [0.15, 0.2) is 5.16 Å². The maximum Gasteiger partial charge on any atom is 0.353 e. The maximum atomic E-state index is 12.7. The minimum atomic E-state index is -1.51. The molecule has 6 N–H and O–H groups in total. The number of oxime groups is 1. The number of nitrogens with zero attached hydrogens (tertiary/aromatic N) is 3. The second kappa shape index (κ2) is 8.29. The molecule has 160 valence electrons. The number of carbonyl (C=O) groups is 3. The summed E-state index contributed by atoms with van der Waals surface area (Å²) in [5.41, 5.74) is 8.54. The van der Waals surface area contributed by atoms with E-state index in [0.29, 0.717) is 0 Å². The van der Waals surface area contributed by atoms with Crippen molar-refractivity contribution in [3.63, 3.8) is 0 Å². The molecule has 0 bridgehead atoms. The number of carbonyl (C=O) groups excluding carboxylic acids is 3. The standard InChI is InChI=1S/C16H25N7O5S/c1-15(2,3)27-13(26)16(4,5)28-22-9(10-21-14(18)29-23-10)12(25)20-8-7(6-17)19-11(8)24/h7-8H,6,17H2,1-5H3,(H,19,24)(H,20,25)(H2,18,21,23)/b22-9-/t7-,8+/m1/s1. The first-order chi connectivity index (χ1) is 13.3. The van der Waals surface area contributed by atoms with Crippen LogP contribution in [0, 0.1) is 0 Å². The monoisotopic (exact) mass is 427 g/mol. The second-order valence-electron chi connectivity index (χ2n) is 7.80. The summed E-state index contributed by atoms with van der Waals surface area (Å²) in [6, 6.07) is -1.23. The molecule has 12 nitrogen and oxygen atoms in total. The molecule has 0 saturated carbocycles. The highest BCUT2D eigenvalue weighted by Crippen LogP contribution is 2.18. The highest BCUT2D eigenvalue weighted by atomic mass is 32.1. The molecular weight excluding hydrogens is 402 g/mol. The van der Waals surface area contributed by atoms with E-state index < -0.39 is 35.2 Å². The van der Waals surface area contributed by atoms with Crippen LogP contribution in [0.2, 0.25) is 0 Å². The molecule has 0 unspecified atom stereocenters. The van der Waals surface area contributed by atoms with Crippen LogP contribution in [-0.4, -0.2) is 62.7 Å². The predicted molar refractivity (Wildman–Crippen MR) is 105 cm³/mol. The first-order valence-electron chi connectivity index (χ1n) is 8.74. The number of nitrogens with two attached hydrogens (primary N) is 2. The van der Waals surface area contributed by atoms with Gasteiger partial charge in [-0.1, -0.05) is 5.16 Å². The summed E-state index contributed by atoms with van der Waals surface area (Å²) in [6.45, 7) is 8.15. The van der Waals surface area contributed by atoms with Gasteiger partial charge < -0.3 is 31.7 Å². The first kappa shape index (κ1) is 22.5. The fourth-order valence-corrected chi connectivity index (χ4v) is 2.56. The Labute approximate surface area is 171 Å². The van der Waals surface area contributed by atoms with Crippen LogP contribution in [0.1, 0.15) is 40.4 Å². The maximum absolute atomic E-state index is 12.7. The number of rotatable bonds is 7. The lowest BCUT2D eigenvalue weighted by Crippen LogP contribution is -2.71. The van der Waals surface area contributed by atoms with E-state index in [-0.39, 0.29) is 29.1 Å². The zero-order valence-electron chi connectivity index (χ0n) is 16.8. The van der Waals surface area contributed by atoms with Crippen LogP contribution < -0.4 is 22.1 Å². The van der Waals surface area contributed by atoms with Crippen molar-refractivity contribution in [1.82, 2.24) is 20.0 Å². The van der Waals surface area contributed by atoms with Crippen LogP contribution in [0.5, 0.6) is 0 Å². The minimum absolute atomic E-state index is 0.103. The quantitative estimate of drug-likeness (QED) is 0.181. The van der Waals surface area contributed by atoms with Crippen molar-refractivity contribution >= 4 is 40.2 Å². The van der Waals surface area contributed by atoms with Crippen LogP contribution in [0.25, 0.3) is 0 Å². The van der Waals surface area contributed by atoms with Gasteiger partial charge in [0, 0.05) is 18.1 Å². The largest absolute Gasteiger partial charge is 0.457 e. The lowest BCUT2D eigenvalue weighted by molar-refractivity contribution is -0.179. The normalized spacial score (nSPS) is 19.8. The number of ether oxygens (including phenoxy) is 1. The van der Waals surface area contributed by atoms with Crippen molar-refractivity contribution in [2.24, 2.45) is 10.9 Å². The molecular formula is C16H25N7O5S. The second-order valence-corrected chi connectivity index (χ2v) is 8.58. The number of nitrogens with one attached hydrogen (secondary N) is 2. The summed E-state index contributed by atoms with van der Waals surface area (Å²) in [5.74, 6) is -1.94. The number of nitrogen functional groups attached to an aromatic ring is 1. The molecule has 2 amide bonds. The number of aromatic nitrogens is 2. The first-order valence-corrected chi connectivity index (χ1v) is 9.52. The van der Waals surface area contributed by atoms with Crippen molar-refractivity contribution in [3.05, 3.63) is 5.82 Å². The van der Waals surface area contributed by atoms with Crippen LogP contribution >= 0.6 is 11.5 Å². The van der Waals surface area contributed by atoms with Crippen LogP contribution in [-0.2, 0) is 24.0 Å². The van der Waals surface area contributed by atoms with E-state index in [1.807, 2.05) is 0 Å². The highest BCUT2D eigenvalue weighted by Gasteiger charge is 2.41. The Bertz CT molecular complexity index is 830. The molecule has 2 heterocycles. The van der Waals surface area contributed by atoms with Gasteiger partial charge in [0.1, 0.15) is 11.6 Å². The Morgan fingerprint density at radius 2 is 1.97 bits per heavy atom. The average molecular weight is 427 g/mol. The van der Waals surface area contributed by atoms with Gasteiger partial charge in [0.15, 0.2) is 5.13 Å². The summed E-state index contributed by atoms with van der Waals surface area (Å²) >= 11 is 0.851.